The topological polar surface area (TPSA) is 101 Å². The first-order chi connectivity index (χ1) is 12.4. The molecule has 1 aliphatic heterocycles. The van der Waals surface area contributed by atoms with Crippen LogP contribution in [0.15, 0.2) is 34.5 Å². The standard InChI is InChI=1S/C16H12F3NO5S2/c1-15(23,16(17,18)19)14(22)20-9-3-2-4-11-12(9)13(21)8-5-6-26-10(8)7-27(11,24)25/h2-6,23H,7H2,1H3,(H,20,22). The van der Waals surface area contributed by atoms with Gasteiger partial charge in [0.15, 0.2) is 15.6 Å². The van der Waals surface area contributed by atoms with Gasteiger partial charge in [-0.15, -0.1) is 11.3 Å². The van der Waals surface area contributed by atoms with Gasteiger partial charge in [-0.2, -0.15) is 13.2 Å². The number of halogens is 3. The molecule has 0 fully saturated rings. The van der Waals surface area contributed by atoms with E-state index in [2.05, 4.69) is 0 Å². The Morgan fingerprint density at radius 1 is 1.26 bits per heavy atom. The van der Waals surface area contributed by atoms with Crippen molar-refractivity contribution >= 4 is 38.6 Å². The smallest absolute Gasteiger partial charge is 0.373 e. The average Bonchev–Trinajstić information content (AvgIpc) is 2.97. The van der Waals surface area contributed by atoms with Gasteiger partial charge in [-0.3, -0.25) is 9.59 Å². The Kier molecular flexibility index (Phi) is 4.44. The largest absolute Gasteiger partial charge is 0.426 e. The van der Waals surface area contributed by atoms with Crippen molar-refractivity contribution in [2.24, 2.45) is 0 Å². The Labute approximate surface area is 155 Å². The number of thiophene rings is 1. The summed E-state index contributed by atoms with van der Waals surface area (Å²) in [5, 5.41) is 12.9. The molecule has 2 aromatic rings. The lowest BCUT2D eigenvalue weighted by Crippen LogP contribution is -2.52. The summed E-state index contributed by atoms with van der Waals surface area (Å²) in [6.07, 6.45) is -5.26. The molecule has 1 unspecified atom stereocenters. The second-order valence-corrected chi connectivity index (χ2v) is 9.01. The molecule has 0 saturated carbocycles. The summed E-state index contributed by atoms with van der Waals surface area (Å²) in [5.74, 6) is -3.00. The minimum Gasteiger partial charge on any atom is -0.373 e. The van der Waals surface area contributed by atoms with Gasteiger partial charge < -0.3 is 10.4 Å². The molecule has 1 aromatic carbocycles. The number of carbonyl (C=O) groups is 2. The van der Waals surface area contributed by atoms with Crippen molar-refractivity contribution in [3.8, 4) is 0 Å². The highest BCUT2D eigenvalue weighted by atomic mass is 32.2. The summed E-state index contributed by atoms with van der Waals surface area (Å²) in [4.78, 5) is 24.7. The van der Waals surface area contributed by atoms with Gasteiger partial charge in [-0.1, -0.05) is 6.07 Å². The highest BCUT2D eigenvalue weighted by molar-refractivity contribution is 7.91. The SMILES string of the molecule is CC(O)(C(=O)Nc1cccc2c1C(=O)c1ccsc1CS2(=O)=O)C(F)(F)F. The molecular formula is C16H12F3NO5S2. The van der Waals surface area contributed by atoms with Crippen molar-refractivity contribution in [3.05, 3.63) is 45.6 Å². The van der Waals surface area contributed by atoms with E-state index in [0.717, 1.165) is 23.5 Å². The summed E-state index contributed by atoms with van der Waals surface area (Å²) in [6, 6.07) is 4.86. The third kappa shape index (κ3) is 3.15. The van der Waals surface area contributed by atoms with Crippen molar-refractivity contribution in [1.82, 2.24) is 0 Å². The van der Waals surface area contributed by atoms with E-state index in [-0.39, 0.29) is 17.4 Å². The maximum atomic E-state index is 12.9. The van der Waals surface area contributed by atoms with E-state index < -0.39 is 50.3 Å². The molecule has 2 heterocycles. The molecule has 0 aliphatic carbocycles. The summed E-state index contributed by atoms with van der Waals surface area (Å²) in [7, 11) is -3.96. The van der Waals surface area contributed by atoms with Gasteiger partial charge in [-0.25, -0.2) is 8.42 Å². The fourth-order valence-corrected chi connectivity index (χ4v) is 5.39. The van der Waals surface area contributed by atoms with Crippen LogP contribution in [0, 0.1) is 0 Å². The first kappa shape index (κ1) is 19.5. The number of hydrogen-bond acceptors (Lipinski definition) is 6. The molecule has 0 saturated heterocycles. The Morgan fingerprint density at radius 2 is 1.93 bits per heavy atom. The van der Waals surface area contributed by atoms with Crippen LogP contribution in [0.1, 0.15) is 27.7 Å². The van der Waals surface area contributed by atoms with Gasteiger partial charge in [-0.05, 0) is 30.5 Å². The van der Waals surface area contributed by atoms with Gasteiger partial charge in [0.25, 0.3) is 5.91 Å². The second-order valence-electron chi connectivity index (χ2n) is 6.05. The number of carbonyl (C=O) groups excluding carboxylic acids is 2. The summed E-state index contributed by atoms with van der Waals surface area (Å²) in [6.45, 7) is 0.263. The van der Waals surface area contributed by atoms with Crippen LogP contribution < -0.4 is 5.32 Å². The molecule has 27 heavy (non-hydrogen) atoms. The zero-order chi connectivity index (χ0) is 20.2. The van der Waals surface area contributed by atoms with Crippen LogP contribution in [0.25, 0.3) is 0 Å². The van der Waals surface area contributed by atoms with E-state index in [0.29, 0.717) is 4.88 Å². The van der Waals surface area contributed by atoms with E-state index in [9.17, 15) is 36.3 Å². The van der Waals surface area contributed by atoms with Gasteiger partial charge in [0.05, 0.1) is 21.9 Å². The van der Waals surface area contributed by atoms with Crippen molar-refractivity contribution in [3.63, 3.8) is 0 Å². The lowest BCUT2D eigenvalue weighted by molar-refractivity contribution is -0.242. The molecule has 0 spiro atoms. The van der Waals surface area contributed by atoms with Crippen LogP contribution >= 0.6 is 11.3 Å². The van der Waals surface area contributed by atoms with Gasteiger partial charge in [0, 0.05) is 10.4 Å². The van der Waals surface area contributed by atoms with E-state index in [4.69, 9.17) is 0 Å². The molecule has 2 N–H and O–H groups in total. The molecule has 1 amide bonds. The Bertz CT molecular complexity index is 1050. The predicted octanol–water partition coefficient (Wildman–Crippen LogP) is 2.52. The number of nitrogens with one attached hydrogen (secondary N) is 1. The van der Waals surface area contributed by atoms with Crippen LogP contribution in [0.3, 0.4) is 0 Å². The van der Waals surface area contributed by atoms with Crippen molar-refractivity contribution < 1.29 is 36.3 Å². The van der Waals surface area contributed by atoms with Gasteiger partial charge >= 0.3 is 6.18 Å². The van der Waals surface area contributed by atoms with E-state index >= 15 is 0 Å². The molecule has 0 bridgehead atoms. The van der Waals surface area contributed by atoms with E-state index in [1.807, 2.05) is 5.32 Å². The number of rotatable bonds is 2. The van der Waals surface area contributed by atoms with Crippen LogP contribution in [0.5, 0.6) is 0 Å². The number of anilines is 1. The molecule has 0 radical (unpaired) electrons. The highest BCUT2D eigenvalue weighted by Crippen LogP contribution is 2.37. The maximum absolute atomic E-state index is 12.9. The predicted molar refractivity (Wildman–Crippen MR) is 90.4 cm³/mol. The Balaban J connectivity index is 2.15. The number of benzene rings is 1. The first-order valence-corrected chi connectivity index (χ1v) is 9.97. The number of ketones is 1. The monoisotopic (exact) mass is 419 g/mol. The van der Waals surface area contributed by atoms with Crippen LogP contribution in [-0.2, 0) is 20.4 Å². The Morgan fingerprint density at radius 3 is 2.56 bits per heavy atom. The fraction of sp³-hybridized carbons (Fsp3) is 0.250. The molecule has 11 heteroatoms. The van der Waals surface area contributed by atoms with Crippen molar-refractivity contribution in [1.29, 1.82) is 0 Å². The normalized spacial score (nSPS) is 18.0. The lowest BCUT2D eigenvalue weighted by Gasteiger charge is -2.25. The molecule has 1 atom stereocenters. The summed E-state index contributed by atoms with van der Waals surface area (Å²) < 4.78 is 63.8. The van der Waals surface area contributed by atoms with E-state index in [1.54, 1.807) is 0 Å². The van der Waals surface area contributed by atoms with Crippen LogP contribution in [-0.4, -0.2) is 37.0 Å². The lowest BCUT2D eigenvalue weighted by atomic mass is 10.0. The second kappa shape index (κ2) is 6.14. The quantitative estimate of drug-likeness (QED) is 0.779. The van der Waals surface area contributed by atoms with Crippen LogP contribution in [0.4, 0.5) is 18.9 Å². The number of amides is 1. The molecule has 3 rings (SSSR count). The fourth-order valence-electron chi connectivity index (χ4n) is 2.54. The third-order valence-electron chi connectivity index (χ3n) is 4.14. The van der Waals surface area contributed by atoms with Crippen molar-refractivity contribution in [2.75, 3.05) is 5.32 Å². The maximum Gasteiger partial charge on any atom is 0.426 e. The zero-order valence-corrected chi connectivity index (χ0v) is 15.3. The molecule has 144 valence electrons. The number of hydrogen-bond donors (Lipinski definition) is 2. The Hall–Kier alpha value is -2.24. The third-order valence-corrected chi connectivity index (χ3v) is 6.92. The number of sulfone groups is 1. The zero-order valence-electron chi connectivity index (χ0n) is 13.6. The average molecular weight is 419 g/mol. The molecule has 6 nitrogen and oxygen atoms in total. The number of aliphatic hydroxyl groups is 1. The summed E-state index contributed by atoms with van der Waals surface area (Å²) in [5.41, 5.74) is -4.47. The van der Waals surface area contributed by atoms with Gasteiger partial charge in [0.2, 0.25) is 5.60 Å². The molecular weight excluding hydrogens is 407 g/mol. The van der Waals surface area contributed by atoms with Gasteiger partial charge in [0.1, 0.15) is 0 Å². The highest BCUT2D eigenvalue weighted by Gasteiger charge is 2.56. The van der Waals surface area contributed by atoms with Crippen molar-refractivity contribution in [2.45, 2.75) is 29.3 Å². The molecule has 1 aliphatic rings. The number of alkyl halides is 3. The van der Waals surface area contributed by atoms with E-state index in [1.165, 1.54) is 17.5 Å². The summed E-state index contributed by atoms with van der Waals surface area (Å²) >= 11 is 1.07. The minimum absolute atomic E-state index is 0.103. The minimum atomic E-state index is -5.26. The van der Waals surface area contributed by atoms with Crippen LogP contribution in [0.2, 0.25) is 0 Å². The first-order valence-electron chi connectivity index (χ1n) is 7.43. The number of fused-ring (bicyclic) bond motifs is 2. The molecule has 1 aromatic heterocycles.